The largest absolute Gasteiger partial charge is 0.464 e. The first-order chi connectivity index (χ1) is 12.3. The van der Waals surface area contributed by atoms with Gasteiger partial charge in [0.2, 0.25) is 0 Å². The van der Waals surface area contributed by atoms with Crippen LogP contribution in [0.2, 0.25) is 0 Å². The highest BCUT2D eigenvalue weighted by Gasteiger charge is 2.24. The van der Waals surface area contributed by atoms with E-state index in [2.05, 4.69) is 17.0 Å². The minimum absolute atomic E-state index is 0.0692. The Labute approximate surface area is 147 Å². The van der Waals surface area contributed by atoms with Gasteiger partial charge in [0, 0.05) is 37.4 Å². The Morgan fingerprint density at radius 1 is 0.800 bits per heavy atom. The summed E-state index contributed by atoms with van der Waals surface area (Å²) in [5.41, 5.74) is 2.76. The molecule has 4 nitrogen and oxygen atoms in total. The number of rotatable bonds is 3. The number of piperazine rings is 1. The molecule has 3 aromatic rings. The third-order valence-electron chi connectivity index (χ3n) is 4.63. The first-order valence-corrected chi connectivity index (χ1v) is 8.55. The van der Waals surface area contributed by atoms with Crippen molar-refractivity contribution in [2.24, 2.45) is 0 Å². The van der Waals surface area contributed by atoms with Crippen LogP contribution in [0, 0.1) is 0 Å². The fourth-order valence-electron chi connectivity index (χ4n) is 3.29. The van der Waals surface area contributed by atoms with Crippen LogP contribution < -0.4 is 4.90 Å². The summed E-state index contributed by atoms with van der Waals surface area (Å²) in [7, 11) is 0. The lowest BCUT2D eigenvalue weighted by Gasteiger charge is -2.36. The number of anilines is 1. The van der Waals surface area contributed by atoms with Crippen LogP contribution in [-0.2, 0) is 0 Å². The number of carbonyl (C=O) groups excluding carboxylic acids is 1. The maximum absolute atomic E-state index is 13.0. The van der Waals surface area contributed by atoms with Crippen molar-refractivity contribution in [3.8, 4) is 11.3 Å². The first-order valence-electron chi connectivity index (χ1n) is 8.55. The standard InChI is InChI=1S/C21H20N2O2/c24-21(19-10-5-4-9-18(19)20-11-6-16-25-20)23-14-12-22(13-15-23)17-7-2-1-3-8-17/h1-11,16H,12-15H2. The highest BCUT2D eigenvalue weighted by atomic mass is 16.3. The minimum atomic E-state index is 0.0692. The zero-order chi connectivity index (χ0) is 17.1. The Bertz CT molecular complexity index is 835. The van der Waals surface area contributed by atoms with Gasteiger partial charge < -0.3 is 14.2 Å². The Morgan fingerprint density at radius 3 is 2.24 bits per heavy atom. The molecule has 0 bridgehead atoms. The molecule has 2 aromatic carbocycles. The molecular formula is C21H20N2O2. The Hall–Kier alpha value is -3.01. The zero-order valence-electron chi connectivity index (χ0n) is 14.0. The second kappa shape index (κ2) is 6.85. The molecule has 1 aliphatic heterocycles. The van der Waals surface area contributed by atoms with E-state index in [0.29, 0.717) is 5.56 Å². The van der Waals surface area contributed by atoms with Crippen LogP contribution in [0.5, 0.6) is 0 Å². The van der Waals surface area contributed by atoms with Crippen molar-refractivity contribution in [1.29, 1.82) is 0 Å². The van der Waals surface area contributed by atoms with Crippen LogP contribution in [-0.4, -0.2) is 37.0 Å². The van der Waals surface area contributed by atoms with E-state index in [1.807, 2.05) is 59.5 Å². The normalized spacial score (nSPS) is 14.6. The summed E-state index contributed by atoms with van der Waals surface area (Å²) in [6.07, 6.45) is 1.63. The van der Waals surface area contributed by atoms with Crippen molar-refractivity contribution in [1.82, 2.24) is 4.90 Å². The van der Waals surface area contributed by atoms with Crippen molar-refractivity contribution < 1.29 is 9.21 Å². The number of furan rings is 1. The van der Waals surface area contributed by atoms with Crippen LogP contribution in [0.1, 0.15) is 10.4 Å². The second-order valence-electron chi connectivity index (χ2n) is 6.14. The number of benzene rings is 2. The van der Waals surface area contributed by atoms with E-state index >= 15 is 0 Å². The second-order valence-corrected chi connectivity index (χ2v) is 6.14. The molecule has 4 heteroatoms. The zero-order valence-corrected chi connectivity index (χ0v) is 14.0. The highest BCUT2D eigenvalue weighted by Crippen LogP contribution is 2.26. The van der Waals surface area contributed by atoms with Gasteiger partial charge >= 0.3 is 0 Å². The number of hydrogen-bond donors (Lipinski definition) is 0. The minimum Gasteiger partial charge on any atom is -0.464 e. The third kappa shape index (κ3) is 3.15. The van der Waals surface area contributed by atoms with Gasteiger partial charge in [-0.25, -0.2) is 0 Å². The van der Waals surface area contributed by atoms with E-state index in [-0.39, 0.29) is 5.91 Å². The lowest BCUT2D eigenvalue weighted by atomic mass is 10.0. The molecule has 1 fully saturated rings. The topological polar surface area (TPSA) is 36.7 Å². The van der Waals surface area contributed by atoms with Gasteiger partial charge in [0.05, 0.1) is 11.8 Å². The van der Waals surface area contributed by atoms with Crippen LogP contribution in [0.25, 0.3) is 11.3 Å². The van der Waals surface area contributed by atoms with Gasteiger partial charge in [-0.15, -0.1) is 0 Å². The average molecular weight is 332 g/mol. The molecule has 1 aromatic heterocycles. The molecule has 4 rings (SSSR count). The van der Waals surface area contributed by atoms with E-state index in [0.717, 1.165) is 37.5 Å². The van der Waals surface area contributed by atoms with Crippen LogP contribution >= 0.6 is 0 Å². The molecule has 0 unspecified atom stereocenters. The Morgan fingerprint density at radius 2 is 1.52 bits per heavy atom. The Kier molecular flexibility index (Phi) is 4.25. The van der Waals surface area contributed by atoms with Crippen molar-refractivity contribution in [3.63, 3.8) is 0 Å². The maximum atomic E-state index is 13.0. The summed E-state index contributed by atoms with van der Waals surface area (Å²) in [6.45, 7) is 3.14. The maximum Gasteiger partial charge on any atom is 0.254 e. The average Bonchev–Trinajstić information content (AvgIpc) is 3.23. The van der Waals surface area contributed by atoms with Crippen molar-refractivity contribution >= 4 is 11.6 Å². The molecule has 0 saturated carbocycles. The van der Waals surface area contributed by atoms with Gasteiger partial charge in [0.15, 0.2) is 0 Å². The molecule has 0 spiro atoms. The van der Waals surface area contributed by atoms with Crippen LogP contribution in [0.3, 0.4) is 0 Å². The van der Waals surface area contributed by atoms with Crippen LogP contribution in [0.4, 0.5) is 5.69 Å². The fourth-order valence-corrected chi connectivity index (χ4v) is 3.29. The highest BCUT2D eigenvalue weighted by molar-refractivity contribution is 6.00. The predicted molar refractivity (Wildman–Crippen MR) is 98.7 cm³/mol. The fraction of sp³-hybridized carbons (Fsp3) is 0.190. The molecular weight excluding hydrogens is 312 g/mol. The predicted octanol–water partition coefficient (Wildman–Crippen LogP) is 3.91. The smallest absolute Gasteiger partial charge is 0.254 e. The van der Waals surface area contributed by atoms with Gasteiger partial charge in [-0.3, -0.25) is 4.79 Å². The molecule has 2 heterocycles. The summed E-state index contributed by atoms with van der Waals surface area (Å²) in [5.74, 6) is 0.798. The van der Waals surface area contributed by atoms with E-state index < -0.39 is 0 Å². The number of para-hydroxylation sites is 1. The molecule has 0 radical (unpaired) electrons. The lowest BCUT2D eigenvalue weighted by Crippen LogP contribution is -2.48. The monoisotopic (exact) mass is 332 g/mol. The first kappa shape index (κ1) is 15.5. The summed E-state index contributed by atoms with van der Waals surface area (Å²) in [4.78, 5) is 17.3. The van der Waals surface area contributed by atoms with E-state index in [9.17, 15) is 4.79 Å². The van der Waals surface area contributed by atoms with Gasteiger partial charge in [-0.2, -0.15) is 0 Å². The van der Waals surface area contributed by atoms with Gasteiger partial charge in [-0.05, 0) is 30.3 Å². The molecule has 0 N–H and O–H groups in total. The molecule has 0 atom stereocenters. The number of hydrogen-bond acceptors (Lipinski definition) is 3. The summed E-state index contributed by atoms with van der Waals surface area (Å²) < 4.78 is 5.49. The van der Waals surface area contributed by atoms with Crippen molar-refractivity contribution in [2.45, 2.75) is 0 Å². The molecule has 1 amide bonds. The molecule has 1 saturated heterocycles. The summed E-state index contributed by atoms with van der Waals surface area (Å²) in [5, 5.41) is 0. The molecule has 126 valence electrons. The van der Waals surface area contributed by atoms with E-state index in [1.54, 1.807) is 6.26 Å². The van der Waals surface area contributed by atoms with Crippen molar-refractivity contribution in [3.05, 3.63) is 78.6 Å². The number of amides is 1. The van der Waals surface area contributed by atoms with Crippen LogP contribution in [0.15, 0.2) is 77.4 Å². The van der Waals surface area contributed by atoms with Gasteiger partial charge in [-0.1, -0.05) is 36.4 Å². The van der Waals surface area contributed by atoms with Gasteiger partial charge in [0.25, 0.3) is 5.91 Å². The molecule has 25 heavy (non-hydrogen) atoms. The summed E-state index contributed by atoms with van der Waals surface area (Å²) >= 11 is 0. The van der Waals surface area contributed by atoms with Gasteiger partial charge in [0.1, 0.15) is 5.76 Å². The quantitative estimate of drug-likeness (QED) is 0.730. The lowest BCUT2D eigenvalue weighted by molar-refractivity contribution is 0.0747. The third-order valence-corrected chi connectivity index (χ3v) is 4.63. The van der Waals surface area contributed by atoms with E-state index in [1.165, 1.54) is 5.69 Å². The summed E-state index contributed by atoms with van der Waals surface area (Å²) in [6, 6.07) is 21.7. The Balaban J connectivity index is 1.50. The van der Waals surface area contributed by atoms with E-state index in [4.69, 9.17) is 4.42 Å². The number of nitrogens with zero attached hydrogens (tertiary/aromatic N) is 2. The molecule has 0 aliphatic carbocycles. The SMILES string of the molecule is O=C(c1ccccc1-c1ccco1)N1CCN(c2ccccc2)CC1. The van der Waals surface area contributed by atoms with Crippen molar-refractivity contribution in [2.75, 3.05) is 31.1 Å². The number of carbonyl (C=O) groups is 1. The molecule has 1 aliphatic rings.